The molecule has 0 spiro atoms. The first-order valence-electron chi connectivity index (χ1n) is 8.86. The van der Waals surface area contributed by atoms with E-state index in [0.717, 1.165) is 51.1 Å². The summed E-state index contributed by atoms with van der Waals surface area (Å²) in [6.07, 6.45) is 7.16. The Morgan fingerprint density at radius 2 is 2.00 bits per heavy atom. The molecule has 3 aliphatic rings. The van der Waals surface area contributed by atoms with Gasteiger partial charge < -0.3 is 9.30 Å². The van der Waals surface area contributed by atoms with Crippen molar-refractivity contribution in [3.63, 3.8) is 0 Å². The third-order valence-electron chi connectivity index (χ3n) is 5.47. The number of nitrogens with zero attached hydrogens (tertiary/aromatic N) is 4. The van der Waals surface area contributed by atoms with Gasteiger partial charge in [0.15, 0.2) is 0 Å². The quantitative estimate of drug-likeness (QED) is 0.791. The summed E-state index contributed by atoms with van der Waals surface area (Å²) in [6.45, 7) is 3.64. The maximum Gasteiger partial charge on any atom is 0.217 e. The van der Waals surface area contributed by atoms with Crippen molar-refractivity contribution < 1.29 is 13.2 Å². The Kier molecular flexibility index (Phi) is 4.40. The van der Waals surface area contributed by atoms with Crippen LogP contribution in [0, 0.1) is 0 Å². The summed E-state index contributed by atoms with van der Waals surface area (Å²) in [7, 11) is -1.12. The number of imidazole rings is 1. The van der Waals surface area contributed by atoms with E-state index < -0.39 is 10.0 Å². The van der Waals surface area contributed by atoms with Gasteiger partial charge in [-0.3, -0.25) is 4.90 Å². The second kappa shape index (κ2) is 6.40. The lowest BCUT2D eigenvalue weighted by molar-refractivity contribution is -0.0409. The van der Waals surface area contributed by atoms with Crippen LogP contribution in [-0.2, 0) is 28.4 Å². The van der Waals surface area contributed by atoms with E-state index in [1.54, 1.807) is 4.31 Å². The van der Waals surface area contributed by atoms with Crippen molar-refractivity contribution in [2.45, 2.75) is 49.6 Å². The van der Waals surface area contributed by atoms with Gasteiger partial charge in [0.2, 0.25) is 10.0 Å². The normalized spacial score (nSPS) is 30.0. The van der Waals surface area contributed by atoms with E-state index in [-0.39, 0.29) is 17.4 Å². The van der Waals surface area contributed by atoms with Gasteiger partial charge in [0.05, 0.1) is 30.5 Å². The lowest BCUT2D eigenvalue weighted by Gasteiger charge is -2.39. The summed E-state index contributed by atoms with van der Waals surface area (Å²) < 4.78 is 35.2. The number of ether oxygens (including phenoxy) is 1. The molecular weight excluding hydrogens is 328 g/mol. The highest BCUT2D eigenvalue weighted by Crippen LogP contribution is 2.35. The second-order valence-corrected chi connectivity index (χ2v) is 9.31. The van der Waals surface area contributed by atoms with E-state index in [0.29, 0.717) is 13.2 Å². The Hall–Kier alpha value is -0.960. The molecule has 24 heavy (non-hydrogen) atoms. The molecule has 2 atom stereocenters. The van der Waals surface area contributed by atoms with E-state index in [9.17, 15) is 8.42 Å². The molecule has 7 nitrogen and oxygen atoms in total. The van der Waals surface area contributed by atoms with Crippen LogP contribution in [-0.4, -0.2) is 70.8 Å². The van der Waals surface area contributed by atoms with Crippen molar-refractivity contribution in [1.82, 2.24) is 18.8 Å². The van der Waals surface area contributed by atoms with Crippen molar-refractivity contribution in [3.8, 4) is 0 Å². The van der Waals surface area contributed by atoms with Gasteiger partial charge in [-0.05, 0) is 25.7 Å². The number of aryl methyl sites for hydroxylation is 1. The molecule has 1 aromatic heterocycles. The Labute approximate surface area is 143 Å². The Morgan fingerprint density at radius 1 is 1.21 bits per heavy atom. The summed E-state index contributed by atoms with van der Waals surface area (Å²) in [6, 6.07) is -0.00396. The molecule has 134 valence electrons. The SMILES string of the molecule is Cn1ccnc1CN1CC[C@@H]2[C@@H](CC1)OCCN2S(=O)(=O)C1CC1. The monoisotopic (exact) mass is 354 g/mol. The van der Waals surface area contributed by atoms with Crippen molar-refractivity contribution in [2.75, 3.05) is 26.2 Å². The number of sulfonamides is 1. The van der Waals surface area contributed by atoms with Crippen molar-refractivity contribution in [1.29, 1.82) is 0 Å². The van der Waals surface area contributed by atoms with E-state index in [4.69, 9.17) is 4.74 Å². The molecule has 0 N–H and O–H groups in total. The molecular formula is C16H26N4O3S. The van der Waals surface area contributed by atoms with Gasteiger partial charge in [-0.2, -0.15) is 4.31 Å². The van der Waals surface area contributed by atoms with Crippen LogP contribution >= 0.6 is 0 Å². The average Bonchev–Trinajstić information content (AvgIpc) is 3.36. The summed E-state index contributed by atoms with van der Waals surface area (Å²) in [5.74, 6) is 1.04. The van der Waals surface area contributed by atoms with Gasteiger partial charge in [0.25, 0.3) is 0 Å². The summed E-state index contributed by atoms with van der Waals surface area (Å²) >= 11 is 0. The molecule has 8 heteroatoms. The molecule has 0 amide bonds. The fourth-order valence-electron chi connectivity index (χ4n) is 3.88. The standard InChI is InChI=1S/C16H26N4O3S/c1-18-9-6-17-16(18)12-19-7-4-14-15(5-8-19)23-11-10-20(14)24(21,22)13-2-3-13/h6,9,13-15H,2-5,7-8,10-12H2,1H3/t14-,15-/m1/s1. The zero-order valence-corrected chi connectivity index (χ0v) is 15.0. The van der Waals surface area contributed by atoms with Crippen LogP contribution in [0.3, 0.4) is 0 Å². The Balaban J connectivity index is 1.47. The highest BCUT2D eigenvalue weighted by molar-refractivity contribution is 7.90. The van der Waals surface area contributed by atoms with Crippen molar-refractivity contribution in [3.05, 3.63) is 18.2 Å². The highest BCUT2D eigenvalue weighted by atomic mass is 32.2. The third-order valence-corrected chi connectivity index (χ3v) is 7.89. The first-order valence-corrected chi connectivity index (χ1v) is 10.4. The van der Waals surface area contributed by atoms with Crippen LogP contribution in [0.15, 0.2) is 12.4 Å². The average molecular weight is 354 g/mol. The maximum absolute atomic E-state index is 12.7. The molecule has 2 aliphatic heterocycles. The Morgan fingerprint density at radius 3 is 2.71 bits per heavy atom. The van der Waals surface area contributed by atoms with Crippen LogP contribution in [0.2, 0.25) is 0 Å². The minimum atomic E-state index is -3.13. The predicted molar refractivity (Wildman–Crippen MR) is 89.9 cm³/mol. The van der Waals surface area contributed by atoms with E-state index in [2.05, 4.69) is 9.88 Å². The molecule has 2 saturated heterocycles. The third kappa shape index (κ3) is 3.12. The topological polar surface area (TPSA) is 67.7 Å². The first kappa shape index (κ1) is 16.5. The van der Waals surface area contributed by atoms with Crippen LogP contribution in [0.5, 0.6) is 0 Å². The number of likely N-dealkylation sites (tertiary alicyclic amines) is 1. The van der Waals surface area contributed by atoms with Crippen LogP contribution in [0.25, 0.3) is 0 Å². The van der Waals surface area contributed by atoms with Gasteiger partial charge in [0.1, 0.15) is 5.82 Å². The molecule has 3 fully saturated rings. The second-order valence-electron chi connectivity index (χ2n) is 7.14. The molecule has 1 saturated carbocycles. The molecule has 1 aliphatic carbocycles. The number of morpholine rings is 1. The molecule has 3 heterocycles. The minimum absolute atomic E-state index is 0.00396. The lowest BCUT2D eigenvalue weighted by Crippen LogP contribution is -2.54. The van der Waals surface area contributed by atoms with Gasteiger partial charge in [-0.15, -0.1) is 0 Å². The molecule has 0 bridgehead atoms. The highest BCUT2D eigenvalue weighted by Gasteiger charge is 2.46. The zero-order valence-electron chi connectivity index (χ0n) is 14.2. The molecule has 1 aromatic rings. The van der Waals surface area contributed by atoms with E-state index in [1.165, 1.54) is 0 Å². The number of rotatable bonds is 4. The van der Waals surface area contributed by atoms with Crippen LogP contribution in [0.1, 0.15) is 31.5 Å². The van der Waals surface area contributed by atoms with Gasteiger partial charge in [-0.1, -0.05) is 0 Å². The lowest BCUT2D eigenvalue weighted by atomic mass is 10.0. The summed E-state index contributed by atoms with van der Waals surface area (Å²) in [4.78, 5) is 6.77. The largest absolute Gasteiger partial charge is 0.375 e. The van der Waals surface area contributed by atoms with E-state index >= 15 is 0 Å². The number of hydrogen-bond acceptors (Lipinski definition) is 5. The fourth-order valence-corrected chi connectivity index (χ4v) is 5.94. The van der Waals surface area contributed by atoms with Gasteiger partial charge >= 0.3 is 0 Å². The molecule has 4 rings (SSSR count). The zero-order chi connectivity index (χ0) is 16.7. The number of hydrogen-bond donors (Lipinski definition) is 0. The summed E-state index contributed by atoms with van der Waals surface area (Å²) in [5, 5.41) is -0.136. The van der Waals surface area contributed by atoms with Crippen LogP contribution in [0.4, 0.5) is 0 Å². The molecule has 0 radical (unpaired) electrons. The van der Waals surface area contributed by atoms with Gasteiger partial charge in [-0.25, -0.2) is 13.4 Å². The van der Waals surface area contributed by atoms with Crippen LogP contribution < -0.4 is 0 Å². The first-order chi connectivity index (χ1) is 11.6. The molecule has 0 unspecified atom stereocenters. The minimum Gasteiger partial charge on any atom is -0.375 e. The molecule has 0 aromatic carbocycles. The Bertz CT molecular complexity index is 685. The van der Waals surface area contributed by atoms with Crippen molar-refractivity contribution in [2.24, 2.45) is 7.05 Å². The predicted octanol–water partition coefficient (Wildman–Crippen LogP) is 0.578. The summed E-state index contributed by atoms with van der Waals surface area (Å²) in [5.41, 5.74) is 0. The smallest absolute Gasteiger partial charge is 0.217 e. The van der Waals surface area contributed by atoms with Gasteiger partial charge in [0, 0.05) is 39.1 Å². The maximum atomic E-state index is 12.7. The fraction of sp³-hybridized carbons (Fsp3) is 0.812. The van der Waals surface area contributed by atoms with Crippen molar-refractivity contribution >= 4 is 10.0 Å². The number of aromatic nitrogens is 2. The van der Waals surface area contributed by atoms with E-state index in [1.807, 2.05) is 24.0 Å². The number of fused-ring (bicyclic) bond motifs is 1.